The van der Waals surface area contributed by atoms with E-state index in [-0.39, 0.29) is 11.9 Å². The first-order valence-corrected chi connectivity index (χ1v) is 7.94. The van der Waals surface area contributed by atoms with Crippen molar-refractivity contribution in [1.82, 2.24) is 15.0 Å². The number of likely N-dealkylation sites (tertiary alicyclic amines) is 1. The third kappa shape index (κ3) is 3.36. The molecule has 1 amide bonds. The Labute approximate surface area is 135 Å². The fraction of sp³-hybridized carbons (Fsp3) is 0.471. The number of amides is 1. The molecule has 0 radical (unpaired) electrons. The standard InChI is InChI=1S/C17H21N3O3/c1-12-18-16(23-19-12)15-9-4-3-5-10-20(15)17(21)13-7-6-8-14(11-13)22-2/h6-8,11,15H,3-5,9-10H2,1-2H3. The zero-order chi connectivity index (χ0) is 16.2. The van der Waals surface area contributed by atoms with Crippen LogP contribution >= 0.6 is 0 Å². The second-order valence-corrected chi connectivity index (χ2v) is 5.78. The Hall–Kier alpha value is -2.37. The number of aromatic nitrogens is 2. The Morgan fingerprint density at radius 2 is 2.22 bits per heavy atom. The number of nitrogens with zero attached hydrogens (tertiary/aromatic N) is 3. The Kier molecular flexibility index (Phi) is 4.60. The number of carbonyl (C=O) groups excluding carboxylic acids is 1. The number of hydrogen-bond donors (Lipinski definition) is 0. The van der Waals surface area contributed by atoms with Crippen molar-refractivity contribution in [2.75, 3.05) is 13.7 Å². The highest BCUT2D eigenvalue weighted by Gasteiger charge is 2.31. The summed E-state index contributed by atoms with van der Waals surface area (Å²) < 4.78 is 10.6. The highest BCUT2D eigenvalue weighted by atomic mass is 16.5. The minimum Gasteiger partial charge on any atom is -0.497 e. The van der Waals surface area contributed by atoms with Crippen LogP contribution in [0.4, 0.5) is 0 Å². The average Bonchev–Trinajstić information content (AvgIpc) is 2.86. The molecule has 1 unspecified atom stereocenters. The van der Waals surface area contributed by atoms with Crippen molar-refractivity contribution < 1.29 is 14.1 Å². The number of hydrogen-bond acceptors (Lipinski definition) is 5. The van der Waals surface area contributed by atoms with Crippen LogP contribution in [0.15, 0.2) is 28.8 Å². The molecule has 0 saturated carbocycles. The molecule has 0 bridgehead atoms. The van der Waals surface area contributed by atoms with Crippen molar-refractivity contribution in [1.29, 1.82) is 0 Å². The maximum atomic E-state index is 13.0. The van der Waals surface area contributed by atoms with E-state index in [4.69, 9.17) is 9.26 Å². The van der Waals surface area contributed by atoms with Gasteiger partial charge in [-0.1, -0.05) is 24.1 Å². The van der Waals surface area contributed by atoms with Gasteiger partial charge in [0.05, 0.1) is 7.11 Å². The molecule has 2 heterocycles. The summed E-state index contributed by atoms with van der Waals surface area (Å²) in [6.45, 7) is 2.49. The maximum Gasteiger partial charge on any atom is 0.254 e. The van der Waals surface area contributed by atoms with Crippen molar-refractivity contribution in [2.24, 2.45) is 0 Å². The van der Waals surface area contributed by atoms with Gasteiger partial charge >= 0.3 is 0 Å². The van der Waals surface area contributed by atoms with Gasteiger partial charge in [-0.3, -0.25) is 4.79 Å². The molecule has 6 nitrogen and oxygen atoms in total. The fourth-order valence-corrected chi connectivity index (χ4v) is 2.98. The largest absolute Gasteiger partial charge is 0.497 e. The van der Waals surface area contributed by atoms with Crippen molar-refractivity contribution >= 4 is 5.91 Å². The summed E-state index contributed by atoms with van der Waals surface area (Å²) >= 11 is 0. The number of ether oxygens (including phenoxy) is 1. The van der Waals surface area contributed by atoms with Gasteiger partial charge in [0, 0.05) is 12.1 Å². The molecular formula is C17H21N3O3. The second kappa shape index (κ2) is 6.81. The first-order valence-electron chi connectivity index (χ1n) is 7.94. The van der Waals surface area contributed by atoms with Crippen LogP contribution in [0.25, 0.3) is 0 Å². The lowest BCUT2D eigenvalue weighted by Crippen LogP contribution is -2.35. The maximum absolute atomic E-state index is 13.0. The quantitative estimate of drug-likeness (QED) is 0.870. The summed E-state index contributed by atoms with van der Waals surface area (Å²) in [5, 5.41) is 3.87. The molecule has 0 spiro atoms. The first-order chi connectivity index (χ1) is 11.2. The van der Waals surface area contributed by atoms with E-state index in [0.29, 0.717) is 29.6 Å². The Balaban J connectivity index is 1.90. The Bertz CT molecular complexity index is 683. The van der Waals surface area contributed by atoms with E-state index in [9.17, 15) is 4.79 Å². The minimum absolute atomic E-state index is 0.0216. The predicted octanol–water partition coefficient (Wildman–Crippen LogP) is 3.14. The average molecular weight is 315 g/mol. The monoisotopic (exact) mass is 315 g/mol. The predicted molar refractivity (Wildman–Crippen MR) is 84.3 cm³/mol. The molecule has 3 rings (SSSR count). The number of aryl methyl sites for hydroxylation is 1. The normalized spacial score (nSPS) is 18.5. The van der Waals surface area contributed by atoms with Crippen LogP contribution in [0.1, 0.15) is 53.8 Å². The molecule has 2 aromatic rings. The molecule has 1 aliphatic rings. The smallest absolute Gasteiger partial charge is 0.254 e. The summed E-state index contributed by atoms with van der Waals surface area (Å²) in [6.07, 6.45) is 3.98. The number of methoxy groups -OCH3 is 1. The van der Waals surface area contributed by atoms with Gasteiger partial charge in [0.1, 0.15) is 11.8 Å². The van der Waals surface area contributed by atoms with Crippen molar-refractivity contribution in [2.45, 2.75) is 38.6 Å². The van der Waals surface area contributed by atoms with E-state index in [2.05, 4.69) is 10.1 Å². The molecule has 0 N–H and O–H groups in total. The van der Waals surface area contributed by atoms with Crippen molar-refractivity contribution in [3.63, 3.8) is 0 Å². The van der Waals surface area contributed by atoms with E-state index in [1.54, 1.807) is 20.1 Å². The second-order valence-electron chi connectivity index (χ2n) is 5.78. The van der Waals surface area contributed by atoms with Gasteiger partial charge < -0.3 is 14.2 Å². The summed E-state index contributed by atoms with van der Waals surface area (Å²) in [7, 11) is 1.60. The summed E-state index contributed by atoms with van der Waals surface area (Å²) in [5.74, 6) is 1.78. The van der Waals surface area contributed by atoms with Crippen molar-refractivity contribution in [3.8, 4) is 5.75 Å². The van der Waals surface area contributed by atoms with E-state index in [1.165, 1.54) is 0 Å². The molecule has 1 atom stereocenters. The number of benzene rings is 1. The summed E-state index contributed by atoms with van der Waals surface area (Å²) in [5.41, 5.74) is 0.618. The molecule has 0 aliphatic carbocycles. The Morgan fingerprint density at radius 3 is 2.96 bits per heavy atom. The van der Waals surface area contributed by atoms with Crippen LogP contribution in [-0.2, 0) is 0 Å². The van der Waals surface area contributed by atoms with E-state index in [1.807, 2.05) is 23.1 Å². The van der Waals surface area contributed by atoms with Crippen LogP contribution in [0.5, 0.6) is 5.75 Å². The lowest BCUT2D eigenvalue weighted by molar-refractivity contribution is 0.0644. The molecule has 1 aromatic carbocycles. The third-order valence-electron chi connectivity index (χ3n) is 4.16. The molecule has 122 valence electrons. The highest BCUT2D eigenvalue weighted by Crippen LogP contribution is 2.30. The van der Waals surface area contributed by atoms with Crippen LogP contribution < -0.4 is 4.74 Å². The van der Waals surface area contributed by atoms with E-state index >= 15 is 0 Å². The topological polar surface area (TPSA) is 68.5 Å². The fourth-order valence-electron chi connectivity index (χ4n) is 2.98. The molecular weight excluding hydrogens is 294 g/mol. The van der Waals surface area contributed by atoms with E-state index in [0.717, 1.165) is 25.7 Å². The first kappa shape index (κ1) is 15.5. The SMILES string of the molecule is COc1cccc(C(=O)N2CCCCCC2c2nc(C)no2)c1. The zero-order valence-electron chi connectivity index (χ0n) is 13.5. The van der Waals surface area contributed by atoms with Crippen LogP contribution in [0.3, 0.4) is 0 Å². The lowest BCUT2D eigenvalue weighted by Gasteiger charge is -2.27. The number of carbonyl (C=O) groups is 1. The minimum atomic E-state index is -0.155. The molecule has 1 fully saturated rings. The van der Waals surface area contributed by atoms with Gasteiger partial charge in [-0.05, 0) is 38.0 Å². The molecule has 1 saturated heterocycles. The molecule has 1 aliphatic heterocycles. The number of rotatable bonds is 3. The van der Waals surface area contributed by atoms with Gasteiger partial charge in [0.2, 0.25) is 5.89 Å². The lowest BCUT2D eigenvalue weighted by atomic mass is 10.1. The molecule has 23 heavy (non-hydrogen) atoms. The van der Waals surface area contributed by atoms with E-state index < -0.39 is 0 Å². The van der Waals surface area contributed by atoms with Crippen LogP contribution in [-0.4, -0.2) is 34.6 Å². The van der Waals surface area contributed by atoms with Gasteiger partial charge in [0.25, 0.3) is 5.91 Å². The van der Waals surface area contributed by atoms with Crippen LogP contribution in [0, 0.1) is 6.92 Å². The van der Waals surface area contributed by atoms with Gasteiger partial charge in [-0.25, -0.2) is 0 Å². The van der Waals surface area contributed by atoms with Gasteiger partial charge in [-0.15, -0.1) is 0 Å². The van der Waals surface area contributed by atoms with Gasteiger partial charge in [-0.2, -0.15) is 4.98 Å². The molecule has 6 heteroatoms. The van der Waals surface area contributed by atoms with Gasteiger partial charge in [0.15, 0.2) is 5.82 Å². The summed E-state index contributed by atoms with van der Waals surface area (Å²) in [4.78, 5) is 19.2. The Morgan fingerprint density at radius 1 is 1.35 bits per heavy atom. The molecule has 1 aromatic heterocycles. The van der Waals surface area contributed by atoms with Crippen molar-refractivity contribution in [3.05, 3.63) is 41.5 Å². The van der Waals surface area contributed by atoms with Crippen LogP contribution in [0.2, 0.25) is 0 Å². The summed E-state index contributed by atoms with van der Waals surface area (Å²) in [6, 6.07) is 7.08. The third-order valence-corrected chi connectivity index (χ3v) is 4.16. The zero-order valence-corrected chi connectivity index (χ0v) is 13.5. The highest BCUT2D eigenvalue weighted by molar-refractivity contribution is 5.94.